The van der Waals surface area contributed by atoms with Crippen LogP contribution in [0.3, 0.4) is 0 Å². The molecule has 2 N–H and O–H groups in total. The molecule has 3 rings (SSSR count). The standard InChI is InChI=1S/C34H36FNO.CH3NO/c1-7-15-26(10-4)32-31(11-5)36(24-23-30(16-8-2)37-25(6)9-3)34(28-19-21-29(35)22-20-28)33(32)27-17-13-12-14-18-27;2-1-3/h7-10,12-15,17-22,30H,1-4,6,11,16,23-24H2,5H3;1H,(H2,2,3)/b26-15+;. The Morgan fingerprint density at radius 1 is 1.02 bits per heavy atom. The Morgan fingerprint density at radius 2 is 1.68 bits per heavy atom. The lowest BCUT2D eigenvalue weighted by atomic mass is 9.92. The van der Waals surface area contributed by atoms with Crippen LogP contribution in [0.15, 0.2) is 124 Å². The summed E-state index contributed by atoms with van der Waals surface area (Å²) < 4.78 is 22.4. The number of halogens is 1. The molecule has 0 spiro atoms. The Hall–Kier alpha value is -4.64. The molecule has 0 saturated carbocycles. The summed E-state index contributed by atoms with van der Waals surface area (Å²) in [6.07, 6.45) is 11.5. The van der Waals surface area contributed by atoms with Gasteiger partial charge in [0.25, 0.3) is 0 Å². The van der Waals surface area contributed by atoms with Gasteiger partial charge in [-0.15, -0.1) is 6.58 Å². The van der Waals surface area contributed by atoms with E-state index in [0.717, 1.165) is 46.4 Å². The fourth-order valence-corrected chi connectivity index (χ4v) is 4.71. The quantitative estimate of drug-likeness (QED) is 0.0969. The second-order valence-corrected chi connectivity index (χ2v) is 8.84. The fraction of sp³-hybridized carbons (Fsp3) is 0.171. The highest BCUT2D eigenvalue weighted by Crippen LogP contribution is 2.43. The molecule has 0 aliphatic rings. The van der Waals surface area contributed by atoms with E-state index in [1.54, 1.807) is 12.2 Å². The summed E-state index contributed by atoms with van der Waals surface area (Å²) in [5.41, 5.74) is 11.6. The molecule has 0 radical (unpaired) electrons. The zero-order valence-electron chi connectivity index (χ0n) is 23.3. The third-order valence-corrected chi connectivity index (χ3v) is 6.34. The van der Waals surface area contributed by atoms with Crippen molar-refractivity contribution in [3.05, 3.63) is 141 Å². The maximum absolute atomic E-state index is 14.0. The lowest BCUT2D eigenvalue weighted by Gasteiger charge is -2.21. The molecular formula is C35H39FN2O2. The monoisotopic (exact) mass is 538 g/mol. The first-order valence-corrected chi connectivity index (χ1v) is 13.2. The topological polar surface area (TPSA) is 57.2 Å². The van der Waals surface area contributed by atoms with Crippen LogP contribution in [-0.2, 0) is 22.5 Å². The minimum atomic E-state index is -0.264. The van der Waals surface area contributed by atoms with Crippen LogP contribution in [0, 0.1) is 5.82 Å². The number of nitrogens with zero attached hydrogens (tertiary/aromatic N) is 1. The van der Waals surface area contributed by atoms with Gasteiger partial charge < -0.3 is 15.0 Å². The molecule has 1 heterocycles. The summed E-state index contributed by atoms with van der Waals surface area (Å²) >= 11 is 0. The van der Waals surface area contributed by atoms with Crippen molar-refractivity contribution in [1.82, 2.24) is 4.57 Å². The second kappa shape index (κ2) is 16.4. The Labute approximate surface area is 238 Å². The smallest absolute Gasteiger partial charge is 0.204 e. The number of amides is 1. The molecule has 3 aromatic rings. The molecule has 0 bridgehead atoms. The van der Waals surface area contributed by atoms with E-state index in [4.69, 9.17) is 9.53 Å². The van der Waals surface area contributed by atoms with Gasteiger partial charge in [-0.3, -0.25) is 4.79 Å². The summed E-state index contributed by atoms with van der Waals surface area (Å²) in [6.45, 7) is 22.5. The Balaban J connectivity index is 0.00000178. The summed E-state index contributed by atoms with van der Waals surface area (Å²) in [4.78, 5) is 8.58. The summed E-state index contributed by atoms with van der Waals surface area (Å²) in [5.74, 6) is 0.280. The second-order valence-electron chi connectivity index (χ2n) is 8.84. The number of aromatic nitrogens is 1. The minimum absolute atomic E-state index is 0.0950. The highest BCUT2D eigenvalue weighted by molar-refractivity contribution is 5.95. The molecule has 1 unspecified atom stereocenters. The third kappa shape index (κ3) is 7.93. The highest BCUT2D eigenvalue weighted by Gasteiger charge is 2.26. The predicted molar refractivity (Wildman–Crippen MR) is 167 cm³/mol. The number of rotatable bonds is 14. The Kier molecular flexibility index (Phi) is 12.9. The van der Waals surface area contributed by atoms with E-state index in [2.05, 4.69) is 62.3 Å². The number of carbonyl (C=O) groups excluding carboxylic acids is 1. The van der Waals surface area contributed by atoms with Gasteiger partial charge >= 0.3 is 0 Å². The Morgan fingerprint density at radius 3 is 2.20 bits per heavy atom. The van der Waals surface area contributed by atoms with Crippen LogP contribution in [-0.4, -0.2) is 17.1 Å². The van der Waals surface area contributed by atoms with Crippen LogP contribution in [0.1, 0.15) is 31.0 Å². The molecule has 1 amide bonds. The van der Waals surface area contributed by atoms with E-state index in [9.17, 15) is 4.39 Å². The van der Waals surface area contributed by atoms with E-state index < -0.39 is 0 Å². The minimum Gasteiger partial charge on any atom is -0.491 e. The zero-order valence-corrected chi connectivity index (χ0v) is 23.3. The van der Waals surface area contributed by atoms with E-state index in [0.29, 0.717) is 18.7 Å². The van der Waals surface area contributed by atoms with Crippen LogP contribution in [0.4, 0.5) is 4.39 Å². The van der Waals surface area contributed by atoms with Crippen LogP contribution in [0.5, 0.6) is 0 Å². The highest BCUT2D eigenvalue weighted by atomic mass is 19.1. The fourth-order valence-electron chi connectivity index (χ4n) is 4.71. The van der Waals surface area contributed by atoms with Crippen molar-refractivity contribution in [2.24, 2.45) is 5.73 Å². The molecule has 0 aliphatic carbocycles. The zero-order chi connectivity index (χ0) is 29.5. The van der Waals surface area contributed by atoms with E-state index >= 15 is 0 Å². The van der Waals surface area contributed by atoms with E-state index in [-0.39, 0.29) is 18.3 Å². The lowest BCUT2D eigenvalue weighted by molar-refractivity contribution is -0.106. The van der Waals surface area contributed by atoms with E-state index in [1.807, 2.05) is 48.6 Å². The SMILES string of the molecule is C=C/C=C(\C=C)c1c(-c2ccccc2)c(-c2ccc(F)cc2)n(CCC(CC=C)OC(=C)C=C)c1CC.NC=O. The molecule has 5 heteroatoms. The number of carbonyl (C=O) groups is 1. The number of nitrogens with two attached hydrogens (primary N) is 1. The van der Waals surface area contributed by atoms with Crippen molar-refractivity contribution >= 4 is 12.0 Å². The Bertz CT molecular complexity index is 1350. The van der Waals surface area contributed by atoms with E-state index in [1.165, 1.54) is 17.8 Å². The van der Waals surface area contributed by atoms with Crippen LogP contribution >= 0.6 is 0 Å². The van der Waals surface area contributed by atoms with Gasteiger partial charge in [0.2, 0.25) is 6.41 Å². The summed E-state index contributed by atoms with van der Waals surface area (Å²) in [6, 6.07) is 17.0. The summed E-state index contributed by atoms with van der Waals surface area (Å²) in [5, 5.41) is 0. The molecule has 0 fully saturated rings. The number of ether oxygens (including phenoxy) is 1. The van der Waals surface area contributed by atoms with Crippen LogP contribution in [0.25, 0.3) is 28.0 Å². The number of allylic oxidation sites excluding steroid dienone is 5. The van der Waals surface area contributed by atoms with Crippen molar-refractivity contribution in [2.75, 3.05) is 0 Å². The first kappa shape index (κ1) is 31.6. The van der Waals surface area contributed by atoms with Gasteiger partial charge in [-0.2, -0.15) is 0 Å². The lowest BCUT2D eigenvalue weighted by Crippen LogP contribution is -2.16. The number of benzene rings is 2. The van der Waals surface area contributed by atoms with Crippen LogP contribution < -0.4 is 5.73 Å². The normalized spacial score (nSPS) is 11.4. The van der Waals surface area contributed by atoms with Crippen molar-refractivity contribution in [3.8, 4) is 22.4 Å². The third-order valence-electron chi connectivity index (χ3n) is 6.34. The maximum atomic E-state index is 14.0. The van der Waals surface area contributed by atoms with Gasteiger partial charge in [-0.05, 0) is 53.5 Å². The largest absolute Gasteiger partial charge is 0.491 e. The maximum Gasteiger partial charge on any atom is 0.204 e. The van der Waals surface area contributed by atoms with Gasteiger partial charge in [0, 0.05) is 36.2 Å². The molecule has 2 aromatic carbocycles. The molecular weight excluding hydrogens is 499 g/mol. The van der Waals surface area contributed by atoms with Crippen molar-refractivity contribution in [3.63, 3.8) is 0 Å². The van der Waals surface area contributed by atoms with Crippen molar-refractivity contribution in [1.29, 1.82) is 0 Å². The molecule has 0 aliphatic heterocycles. The number of hydrogen-bond acceptors (Lipinski definition) is 2. The predicted octanol–water partition coefficient (Wildman–Crippen LogP) is 8.43. The average molecular weight is 539 g/mol. The average Bonchev–Trinajstić information content (AvgIpc) is 3.29. The van der Waals surface area contributed by atoms with Gasteiger partial charge in [-0.1, -0.05) is 87.9 Å². The molecule has 0 saturated heterocycles. The number of primary amides is 1. The van der Waals surface area contributed by atoms with Gasteiger partial charge in [0.05, 0.1) is 5.69 Å². The first-order valence-electron chi connectivity index (χ1n) is 13.2. The molecule has 1 aromatic heterocycles. The van der Waals surface area contributed by atoms with Gasteiger partial charge in [-0.25, -0.2) is 4.39 Å². The van der Waals surface area contributed by atoms with Crippen LogP contribution in [0.2, 0.25) is 0 Å². The molecule has 40 heavy (non-hydrogen) atoms. The number of hydrogen-bond donors (Lipinski definition) is 1. The first-order chi connectivity index (χ1) is 19.4. The summed E-state index contributed by atoms with van der Waals surface area (Å²) in [7, 11) is 0. The van der Waals surface area contributed by atoms with Crippen molar-refractivity contribution in [2.45, 2.75) is 38.8 Å². The molecule has 1 atom stereocenters. The molecule has 4 nitrogen and oxygen atoms in total. The molecule has 208 valence electrons. The van der Waals surface area contributed by atoms with Gasteiger partial charge in [0.15, 0.2) is 0 Å². The van der Waals surface area contributed by atoms with Gasteiger partial charge in [0.1, 0.15) is 17.7 Å². The van der Waals surface area contributed by atoms with Crippen molar-refractivity contribution < 1.29 is 13.9 Å².